The van der Waals surface area contributed by atoms with Crippen LogP contribution >= 0.6 is 0 Å². The monoisotopic (exact) mass is 287 g/mol. The van der Waals surface area contributed by atoms with E-state index in [0.29, 0.717) is 17.4 Å². The Kier molecular flexibility index (Phi) is 3.84. The van der Waals surface area contributed by atoms with Gasteiger partial charge in [-0.3, -0.25) is 10.8 Å². The maximum absolute atomic E-state index is 5.70. The van der Waals surface area contributed by atoms with Crippen molar-refractivity contribution >= 4 is 16.6 Å². The summed E-state index contributed by atoms with van der Waals surface area (Å²) in [6.07, 6.45) is 4.97. The summed E-state index contributed by atoms with van der Waals surface area (Å²) in [5, 5.41) is 0.942. The molecular formula is C16H21N3O2. The van der Waals surface area contributed by atoms with Crippen molar-refractivity contribution in [3.05, 3.63) is 23.9 Å². The average Bonchev–Trinajstić information content (AvgIpc) is 3.06. The van der Waals surface area contributed by atoms with Crippen molar-refractivity contribution in [2.75, 3.05) is 19.6 Å². The lowest BCUT2D eigenvalue weighted by Crippen LogP contribution is -2.09. The number of nitrogens with one attached hydrogen (secondary N) is 1. The number of hydrazine groups is 1. The summed E-state index contributed by atoms with van der Waals surface area (Å²) >= 11 is 0. The summed E-state index contributed by atoms with van der Waals surface area (Å²) < 4.78 is 10.7. The summed E-state index contributed by atoms with van der Waals surface area (Å²) in [4.78, 5) is 4.82. The molecule has 0 amide bonds. The number of hydrogen-bond acceptors (Lipinski definition) is 5. The summed E-state index contributed by atoms with van der Waals surface area (Å²) in [6.45, 7) is 0. The van der Waals surface area contributed by atoms with E-state index in [2.05, 4.69) is 11.5 Å². The van der Waals surface area contributed by atoms with Gasteiger partial charge < -0.3 is 14.9 Å². The van der Waals surface area contributed by atoms with Gasteiger partial charge in [0.25, 0.3) is 0 Å². The van der Waals surface area contributed by atoms with E-state index >= 15 is 0 Å². The number of rotatable bonds is 4. The van der Waals surface area contributed by atoms with E-state index in [1.807, 2.05) is 12.1 Å². The van der Waals surface area contributed by atoms with Crippen LogP contribution in [0, 0.1) is 0 Å². The molecule has 0 bridgehead atoms. The van der Waals surface area contributed by atoms with Crippen molar-refractivity contribution in [3.8, 4) is 11.5 Å². The summed E-state index contributed by atoms with van der Waals surface area (Å²) in [5.74, 6) is 7.59. The van der Waals surface area contributed by atoms with Crippen molar-refractivity contribution < 1.29 is 9.47 Å². The molecule has 0 spiro atoms. The van der Waals surface area contributed by atoms with E-state index in [1.54, 1.807) is 14.2 Å². The molecule has 0 aliphatic heterocycles. The lowest BCUT2D eigenvalue weighted by atomic mass is 10.0. The third-order valence-corrected chi connectivity index (χ3v) is 4.26. The van der Waals surface area contributed by atoms with E-state index in [9.17, 15) is 0 Å². The van der Waals surface area contributed by atoms with Crippen molar-refractivity contribution in [1.29, 1.82) is 0 Å². The Morgan fingerprint density at radius 3 is 2.38 bits per heavy atom. The Morgan fingerprint density at radius 2 is 1.76 bits per heavy atom. The molecule has 1 aliphatic rings. The lowest BCUT2D eigenvalue weighted by molar-refractivity contribution is 0.356. The van der Waals surface area contributed by atoms with Gasteiger partial charge in [-0.15, -0.1) is 0 Å². The van der Waals surface area contributed by atoms with Crippen molar-refractivity contribution in [3.63, 3.8) is 0 Å². The predicted molar refractivity (Wildman–Crippen MR) is 83.9 cm³/mol. The number of aromatic nitrogens is 1. The van der Waals surface area contributed by atoms with Crippen molar-refractivity contribution in [2.45, 2.75) is 31.6 Å². The van der Waals surface area contributed by atoms with Gasteiger partial charge in [-0.2, -0.15) is 0 Å². The van der Waals surface area contributed by atoms with Gasteiger partial charge in [0.15, 0.2) is 11.5 Å². The van der Waals surface area contributed by atoms with Crippen LogP contribution in [-0.4, -0.2) is 19.2 Å². The van der Waals surface area contributed by atoms with Gasteiger partial charge in [-0.05, 0) is 25.0 Å². The number of pyridine rings is 1. The van der Waals surface area contributed by atoms with Crippen LogP contribution in [0.25, 0.3) is 10.9 Å². The molecular weight excluding hydrogens is 266 g/mol. The zero-order chi connectivity index (χ0) is 14.8. The Balaban J connectivity index is 2.17. The second-order valence-electron chi connectivity index (χ2n) is 5.44. The lowest BCUT2D eigenvalue weighted by Gasteiger charge is -2.15. The fraction of sp³-hybridized carbons (Fsp3) is 0.438. The first-order valence-electron chi connectivity index (χ1n) is 7.30. The Labute approximate surface area is 124 Å². The topological polar surface area (TPSA) is 69.4 Å². The quantitative estimate of drug-likeness (QED) is 0.667. The third kappa shape index (κ3) is 2.49. The smallest absolute Gasteiger partial charge is 0.162 e. The van der Waals surface area contributed by atoms with Crippen LogP contribution in [0.15, 0.2) is 18.2 Å². The molecule has 3 rings (SSSR count). The predicted octanol–water partition coefficient (Wildman–Crippen LogP) is 3.20. The maximum atomic E-state index is 5.70. The maximum Gasteiger partial charge on any atom is 0.162 e. The molecule has 0 unspecified atom stereocenters. The molecule has 0 saturated heterocycles. The van der Waals surface area contributed by atoms with Gasteiger partial charge >= 0.3 is 0 Å². The fourth-order valence-corrected chi connectivity index (χ4v) is 3.12. The molecule has 5 nitrogen and oxygen atoms in total. The number of anilines is 1. The Bertz CT molecular complexity index is 652. The normalized spacial score (nSPS) is 15.4. The molecule has 0 atom stereocenters. The van der Waals surface area contributed by atoms with Gasteiger partial charge in [0.05, 0.1) is 25.4 Å². The molecule has 21 heavy (non-hydrogen) atoms. The molecule has 1 aromatic heterocycles. The SMILES string of the molecule is COc1cc2nc(C3CCCC3)cc(NN)c2cc1OC. The molecule has 0 radical (unpaired) electrons. The highest BCUT2D eigenvalue weighted by Crippen LogP contribution is 2.38. The van der Waals surface area contributed by atoms with Crippen LogP contribution in [-0.2, 0) is 0 Å². The van der Waals surface area contributed by atoms with Crippen molar-refractivity contribution in [2.24, 2.45) is 5.84 Å². The van der Waals surface area contributed by atoms with Crippen LogP contribution in [0.3, 0.4) is 0 Å². The molecule has 5 heteroatoms. The Hall–Kier alpha value is -2.01. The highest BCUT2D eigenvalue weighted by molar-refractivity contribution is 5.93. The zero-order valence-electron chi connectivity index (χ0n) is 12.5. The standard InChI is InChI=1S/C16H21N3O2/c1-20-15-7-11-13(9-16(15)21-2)18-12(8-14(11)19-17)10-5-3-4-6-10/h7-10H,3-6,17H2,1-2H3,(H,18,19). The van der Waals surface area contributed by atoms with Crippen LogP contribution in [0.2, 0.25) is 0 Å². The van der Waals surface area contributed by atoms with Crippen LogP contribution in [0.5, 0.6) is 11.5 Å². The molecule has 3 N–H and O–H groups in total. The van der Waals surface area contributed by atoms with Gasteiger partial charge in [-0.1, -0.05) is 12.8 Å². The van der Waals surface area contributed by atoms with E-state index in [0.717, 1.165) is 22.3 Å². The van der Waals surface area contributed by atoms with Crippen LogP contribution in [0.1, 0.15) is 37.3 Å². The fourth-order valence-electron chi connectivity index (χ4n) is 3.12. The number of ether oxygens (including phenoxy) is 2. The van der Waals surface area contributed by atoms with E-state index < -0.39 is 0 Å². The molecule has 1 aromatic carbocycles. The largest absolute Gasteiger partial charge is 0.493 e. The first kappa shape index (κ1) is 13.9. The molecule has 112 valence electrons. The number of fused-ring (bicyclic) bond motifs is 1. The van der Waals surface area contributed by atoms with E-state index in [-0.39, 0.29) is 0 Å². The van der Waals surface area contributed by atoms with Crippen LogP contribution in [0.4, 0.5) is 5.69 Å². The number of nitrogen functional groups attached to an aromatic ring is 1. The van der Waals surface area contributed by atoms with Gasteiger partial charge in [0, 0.05) is 23.1 Å². The summed E-state index contributed by atoms with van der Waals surface area (Å²) in [5.41, 5.74) is 5.65. The minimum Gasteiger partial charge on any atom is -0.493 e. The highest BCUT2D eigenvalue weighted by atomic mass is 16.5. The van der Waals surface area contributed by atoms with E-state index in [1.165, 1.54) is 25.7 Å². The van der Waals surface area contributed by atoms with Crippen molar-refractivity contribution in [1.82, 2.24) is 4.98 Å². The first-order valence-corrected chi connectivity index (χ1v) is 7.30. The molecule has 2 aromatic rings. The molecule has 1 aliphatic carbocycles. The minimum atomic E-state index is 0.537. The number of hydrogen-bond donors (Lipinski definition) is 2. The first-order chi connectivity index (χ1) is 10.3. The number of nitrogens with two attached hydrogens (primary N) is 1. The molecule has 1 heterocycles. The second kappa shape index (κ2) is 5.77. The third-order valence-electron chi connectivity index (χ3n) is 4.26. The number of benzene rings is 1. The Morgan fingerprint density at radius 1 is 1.10 bits per heavy atom. The summed E-state index contributed by atoms with van der Waals surface area (Å²) in [7, 11) is 3.26. The highest BCUT2D eigenvalue weighted by Gasteiger charge is 2.20. The number of nitrogens with zero attached hydrogens (tertiary/aromatic N) is 1. The zero-order valence-corrected chi connectivity index (χ0v) is 12.5. The molecule has 1 fully saturated rings. The van der Waals surface area contributed by atoms with Gasteiger partial charge in [-0.25, -0.2) is 0 Å². The summed E-state index contributed by atoms with van der Waals surface area (Å²) in [6, 6.07) is 5.88. The average molecular weight is 287 g/mol. The minimum absolute atomic E-state index is 0.537. The molecule has 1 saturated carbocycles. The van der Waals surface area contributed by atoms with Gasteiger partial charge in [0.2, 0.25) is 0 Å². The van der Waals surface area contributed by atoms with Crippen LogP contribution < -0.4 is 20.7 Å². The number of methoxy groups -OCH3 is 2. The van der Waals surface area contributed by atoms with E-state index in [4.69, 9.17) is 20.3 Å². The second-order valence-corrected chi connectivity index (χ2v) is 5.44. The van der Waals surface area contributed by atoms with Gasteiger partial charge in [0.1, 0.15) is 0 Å².